The van der Waals surface area contributed by atoms with Crippen LogP contribution >= 0.6 is 0 Å². The number of hydrogen-bond acceptors (Lipinski definition) is 1. The highest BCUT2D eigenvalue weighted by Crippen LogP contribution is 2.18. The highest BCUT2D eigenvalue weighted by Gasteiger charge is 2.09. The summed E-state index contributed by atoms with van der Waals surface area (Å²) in [5, 5.41) is 9.11. The van der Waals surface area contributed by atoms with Crippen molar-refractivity contribution >= 4 is 0 Å². The van der Waals surface area contributed by atoms with E-state index in [-0.39, 0.29) is 6.10 Å². The molecule has 0 aliphatic heterocycles. The molecule has 0 aromatic rings. The highest BCUT2D eigenvalue weighted by molar-refractivity contribution is 4.60. The van der Waals surface area contributed by atoms with Crippen LogP contribution in [0.3, 0.4) is 0 Å². The fraction of sp³-hybridized carbons (Fsp3) is 1.00. The van der Waals surface area contributed by atoms with Gasteiger partial charge in [0.25, 0.3) is 0 Å². The van der Waals surface area contributed by atoms with Crippen molar-refractivity contribution in [3.8, 4) is 0 Å². The molecule has 0 amide bonds. The van der Waals surface area contributed by atoms with Crippen LogP contribution in [-0.2, 0) is 0 Å². The maximum Gasteiger partial charge on any atom is 0.0514 e. The lowest BCUT2D eigenvalue weighted by molar-refractivity contribution is 0.157. The third-order valence-electron chi connectivity index (χ3n) is 2.25. The van der Waals surface area contributed by atoms with Gasteiger partial charge in [0.2, 0.25) is 0 Å². The Morgan fingerprint density at radius 3 is 1.91 bits per heavy atom. The lowest BCUT2D eigenvalue weighted by atomic mass is 9.92. The first-order valence-corrected chi connectivity index (χ1v) is 4.74. The van der Waals surface area contributed by atoms with Gasteiger partial charge in [0.05, 0.1) is 6.10 Å². The average molecular weight is 158 g/mol. The molecule has 0 spiro atoms. The lowest BCUT2D eigenvalue weighted by Gasteiger charge is -2.16. The fourth-order valence-electron chi connectivity index (χ4n) is 1.53. The number of aliphatic hydroxyl groups is 1. The van der Waals surface area contributed by atoms with Crippen molar-refractivity contribution in [1.29, 1.82) is 0 Å². The van der Waals surface area contributed by atoms with Gasteiger partial charge in [0.15, 0.2) is 0 Å². The predicted molar refractivity (Wildman–Crippen MR) is 49.5 cm³/mol. The monoisotopic (exact) mass is 158 g/mol. The van der Waals surface area contributed by atoms with Crippen molar-refractivity contribution in [3.05, 3.63) is 0 Å². The van der Waals surface area contributed by atoms with Crippen LogP contribution in [0.15, 0.2) is 0 Å². The van der Waals surface area contributed by atoms with Crippen molar-refractivity contribution in [1.82, 2.24) is 0 Å². The maximum absolute atomic E-state index is 9.11. The van der Waals surface area contributed by atoms with Gasteiger partial charge in [-0.25, -0.2) is 0 Å². The zero-order valence-corrected chi connectivity index (χ0v) is 8.30. The molecule has 0 aromatic heterocycles. The zero-order chi connectivity index (χ0) is 8.85. The summed E-state index contributed by atoms with van der Waals surface area (Å²) in [6.07, 6.45) is 3.32. The topological polar surface area (TPSA) is 20.2 Å². The SMILES string of the molecule is CC[C@@H](C)C[C@@H](C)C[C@@H](C)O. The Hall–Kier alpha value is -0.0400. The minimum Gasteiger partial charge on any atom is -0.393 e. The minimum atomic E-state index is -0.131. The molecule has 0 fully saturated rings. The zero-order valence-electron chi connectivity index (χ0n) is 8.30. The van der Waals surface area contributed by atoms with Gasteiger partial charge in [-0.15, -0.1) is 0 Å². The van der Waals surface area contributed by atoms with Crippen LogP contribution in [0, 0.1) is 11.8 Å². The Morgan fingerprint density at radius 1 is 1.00 bits per heavy atom. The van der Waals surface area contributed by atoms with E-state index >= 15 is 0 Å². The number of hydrogen-bond donors (Lipinski definition) is 1. The van der Waals surface area contributed by atoms with Crippen molar-refractivity contribution in [2.24, 2.45) is 11.8 Å². The van der Waals surface area contributed by atoms with Crippen LogP contribution in [0.5, 0.6) is 0 Å². The van der Waals surface area contributed by atoms with Crippen LogP contribution in [0.4, 0.5) is 0 Å². The summed E-state index contributed by atoms with van der Waals surface area (Å²) in [6, 6.07) is 0. The summed E-state index contributed by atoms with van der Waals surface area (Å²) >= 11 is 0. The molecule has 0 saturated heterocycles. The summed E-state index contributed by atoms with van der Waals surface area (Å²) in [5.41, 5.74) is 0. The van der Waals surface area contributed by atoms with E-state index in [4.69, 9.17) is 5.11 Å². The van der Waals surface area contributed by atoms with Crippen molar-refractivity contribution in [2.75, 3.05) is 0 Å². The van der Waals surface area contributed by atoms with E-state index in [0.717, 1.165) is 12.3 Å². The Bertz CT molecular complexity index is 88.9. The third kappa shape index (κ3) is 6.36. The Labute approximate surface area is 70.8 Å². The van der Waals surface area contributed by atoms with Gasteiger partial charge in [-0.1, -0.05) is 27.2 Å². The summed E-state index contributed by atoms with van der Waals surface area (Å²) in [6.45, 7) is 8.59. The molecule has 0 aliphatic rings. The number of aliphatic hydroxyl groups excluding tert-OH is 1. The molecule has 1 nitrogen and oxygen atoms in total. The summed E-state index contributed by atoms with van der Waals surface area (Å²) in [5.74, 6) is 1.48. The molecule has 0 aliphatic carbocycles. The van der Waals surface area contributed by atoms with Gasteiger partial charge in [-0.3, -0.25) is 0 Å². The largest absolute Gasteiger partial charge is 0.393 e. The molecule has 68 valence electrons. The van der Waals surface area contributed by atoms with E-state index in [1.165, 1.54) is 12.8 Å². The molecule has 11 heavy (non-hydrogen) atoms. The molecule has 0 radical (unpaired) electrons. The molecule has 0 aromatic carbocycles. The number of rotatable bonds is 5. The van der Waals surface area contributed by atoms with Gasteiger partial charge < -0.3 is 5.11 Å². The third-order valence-corrected chi connectivity index (χ3v) is 2.25. The second kappa shape index (κ2) is 5.59. The Morgan fingerprint density at radius 2 is 1.55 bits per heavy atom. The molecule has 0 bridgehead atoms. The first-order chi connectivity index (χ1) is 5.06. The minimum absolute atomic E-state index is 0.131. The molecule has 1 heteroatoms. The fourth-order valence-corrected chi connectivity index (χ4v) is 1.53. The standard InChI is InChI=1S/C10H22O/c1-5-8(2)6-9(3)7-10(4)11/h8-11H,5-7H2,1-4H3/t8-,9-,10-/m1/s1. The van der Waals surface area contributed by atoms with Crippen molar-refractivity contribution in [2.45, 2.75) is 53.1 Å². The van der Waals surface area contributed by atoms with Gasteiger partial charge >= 0.3 is 0 Å². The molecule has 0 heterocycles. The van der Waals surface area contributed by atoms with Crippen LogP contribution in [-0.4, -0.2) is 11.2 Å². The van der Waals surface area contributed by atoms with Gasteiger partial charge in [0, 0.05) is 0 Å². The highest BCUT2D eigenvalue weighted by atomic mass is 16.3. The Balaban J connectivity index is 3.43. The van der Waals surface area contributed by atoms with E-state index in [2.05, 4.69) is 20.8 Å². The summed E-state index contributed by atoms with van der Waals surface area (Å²) in [4.78, 5) is 0. The van der Waals surface area contributed by atoms with Crippen molar-refractivity contribution in [3.63, 3.8) is 0 Å². The molecule has 1 N–H and O–H groups in total. The molecular formula is C10H22O. The van der Waals surface area contributed by atoms with E-state index in [0.29, 0.717) is 5.92 Å². The second-order valence-electron chi connectivity index (χ2n) is 3.94. The van der Waals surface area contributed by atoms with Gasteiger partial charge in [-0.05, 0) is 31.6 Å². The normalized spacial score (nSPS) is 19.4. The van der Waals surface area contributed by atoms with Crippen molar-refractivity contribution < 1.29 is 5.11 Å². The molecular weight excluding hydrogens is 136 g/mol. The second-order valence-corrected chi connectivity index (χ2v) is 3.94. The quantitative estimate of drug-likeness (QED) is 0.652. The van der Waals surface area contributed by atoms with Crippen LogP contribution in [0.25, 0.3) is 0 Å². The van der Waals surface area contributed by atoms with E-state index < -0.39 is 0 Å². The van der Waals surface area contributed by atoms with E-state index in [1.807, 2.05) is 6.92 Å². The van der Waals surface area contributed by atoms with Crippen LogP contribution in [0.1, 0.15) is 47.0 Å². The van der Waals surface area contributed by atoms with Crippen LogP contribution < -0.4 is 0 Å². The van der Waals surface area contributed by atoms with E-state index in [1.54, 1.807) is 0 Å². The van der Waals surface area contributed by atoms with Gasteiger partial charge in [0.1, 0.15) is 0 Å². The molecule has 0 saturated carbocycles. The Kier molecular flexibility index (Phi) is 5.57. The summed E-state index contributed by atoms with van der Waals surface area (Å²) < 4.78 is 0. The maximum atomic E-state index is 9.11. The lowest BCUT2D eigenvalue weighted by Crippen LogP contribution is -2.09. The average Bonchev–Trinajstić information content (AvgIpc) is 1.85. The molecule has 0 unspecified atom stereocenters. The first-order valence-electron chi connectivity index (χ1n) is 4.74. The smallest absolute Gasteiger partial charge is 0.0514 e. The molecule has 3 atom stereocenters. The van der Waals surface area contributed by atoms with Gasteiger partial charge in [-0.2, -0.15) is 0 Å². The van der Waals surface area contributed by atoms with E-state index in [9.17, 15) is 0 Å². The summed E-state index contributed by atoms with van der Waals surface area (Å²) in [7, 11) is 0. The van der Waals surface area contributed by atoms with Crippen LogP contribution in [0.2, 0.25) is 0 Å². The predicted octanol–water partition coefficient (Wildman–Crippen LogP) is 2.83. The first kappa shape index (κ1) is 11.0. The molecule has 0 rings (SSSR count).